The first-order valence-electron chi connectivity index (χ1n) is 9.46. The van der Waals surface area contributed by atoms with Crippen molar-refractivity contribution < 1.29 is 4.79 Å². The summed E-state index contributed by atoms with van der Waals surface area (Å²) in [6, 6.07) is 8.31. The van der Waals surface area contributed by atoms with Gasteiger partial charge in [0.1, 0.15) is 0 Å². The van der Waals surface area contributed by atoms with Crippen molar-refractivity contribution in [3.8, 4) is 0 Å². The van der Waals surface area contributed by atoms with Crippen molar-refractivity contribution in [3.63, 3.8) is 0 Å². The van der Waals surface area contributed by atoms with Gasteiger partial charge in [0, 0.05) is 35.8 Å². The molecule has 0 radical (unpaired) electrons. The molecule has 5 heteroatoms. The van der Waals surface area contributed by atoms with Gasteiger partial charge in [0.2, 0.25) is 5.91 Å². The Balaban J connectivity index is 1.60. The van der Waals surface area contributed by atoms with E-state index in [1.807, 2.05) is 19.2 Å². The van der Waals surface area contributed by atoms with Crippen LogP contribution < -0.4 is 15.5 Å². The maximum absolute atomic E-state index is 12.6. The lowest BCUT2D eigenvalue weighted by Crippen LogP contribution is -2.49. The van der Waals surface area contributed by atoms with Crippen molar-refractivity contribution in [3.05, 3.63) is 29.3 Å². The molecule has 1 aliphatic carbocycles. The fourth-order valence-electron chi connectivity index (χ4n) is 4.42. The zero-order chi connectivity index (χ0) is 18.0. The molecule has 1 saturated heterocycles. The van der Waals surface area contributed by atoms with Crippen molar-refractivity contribution in [2.24, 2.45) is 17.8 Å². The Morgan fingerprint density at radius 2 is 1.96 bits per heavy atom. The fourth-order valence-corrected chi connectivity index (χ4v) is 4.54. The molecule has 1 aromatic carbocycles. The van der Waals surface area contributed by atoms with Crippen LogP contribution in [0.1, 0.15) is 33.1 Å². The van der Waals surface area contributed by atoms with Crippen LogP contribution >= 0.6 is 11.6 Å². The third-order valence-corrected chi connectivity index (χ3v) is 6.00. The highest BCUT2D eigenvalue weighted by atomic mass is 35.5. The molecule has 0 spiro atoms. The lowest BCUT2D eigenvalue weighted by molar-refractivity contribution is -0.124. The van der Waals surface area contributed by atoms with E-state index in [0.717, 1.165) is 31.0 Å². The molecule has 4 atom stereocenters. The lowest BCUT2D eigenvalue weighted by Gasteiger charge is -2.25. The number of nitrogens with zero attached hydrogens (tertiary/aromatic N) is 1. The molecule has 2 aliphatic rings. The molecule has 1 saturated carbocycles. The zero-order valence-corrected chi connectivity index (χ0v) is 16.2. The summed E-state index contributed by atoms with van der Waals surface area (Å²) in [4.78, 5) is 15.1. The van der Waals surface area contributed by atoms with Crippen LogP contribution in [-0.4, -0.2) is 38.1 Å². The van der Waals surface area contributed by atoms with Crippen LogP contribution in [0.2, 0.25) is 5.02 Å². The second kappa shape index (κ2) is 7.96. The number of likely N-dealkylation sites (N-methyl/N-ethyl adjacent to an activating group) is 1. The average Bonchev–Trinajstić information content (AvgIpc) is 3.15. The second-order valence-corrected chi connectivity index (χ2v) is 8.41. The molecule has 1 amide bonds. The Morgan fingerprint density at radius 1 is 1.24 bits per heavy atom. The number of carbonyl (C=O) groups is 1. The first-order valence-corrected chi connectivity index (χ1v) is 9.84. The lowest BCUT2D eigenvalue weighted by atomic mass is 9.97. The number of hydrogen-bond acceptors (Lipinski definition) is 3. The van der Waals surface area contributed by atoms with Crippen LogP contribution in [0.4, 0.5) is 5.69 Å². The summed E-state index contributed by atoms with van der Waals surface area (Å²) in [5.41, 5.74) is 1.23. The highest BCUT2D eigenvalue weighted by molar-refractivity contribution is 6.30. The molecular formula is C20H30ClN3O. The van der Waals surface area contributed by atoms with Gasteiger partial charge in [-0.15, -0.1) is 0 Å². The number of benzene rings is 1. The highest BCUT2D eigenvalue weighted by Gasteiger charge is 2.43. The molecule has 0 unspecified atom stereocenters. The van der Waals surface area contributed by atoms with E-state index >= 15 is 0 Å². The Bertz CT molecular complexity index is 589. The summed E-state index contributed by atoms with van der Waals surface area (Å²) < 4.78 is 0. The summed E-state index contributed by atoms with van der Waals surface area (Å²) in [7, 11) is 1.88. The third kappa shape index (κ3) is 4.29. The number of carbonyl (C=O) groups excluding carboxylic acids is 1. The molecule has 138 valence electrons. The minimum absolute atomic E-state index is 0.0900. The molecule has 0 aromatic heterocycles. The van der Waals surface area contributed by atoms with Gasteiger partial charge in [-0.2, -0.15) is 0 Å². The van der Waals surface area contributed by atoms with E-state index in [1.165, 1.54) is 12.1 Å². The third-order valence-electron chi connectivity index (χ3n) is 5.75. The molecule has 2 N–H and O–H groups in total. The van der Waals surface area contributed by atoms with Gasteiger partial charge in [0.15, 0.2) is 0 Å². The van der Waals surface area contributed by atoms with Gasteiger partial charge >= 0.3 is 0 Å². The average molecular weight is 364 g/mol. The fraction of sp³-hybridized carbons (Fsp3) is 0.650. The maximum Gasteiger partial charge on any atom is 0.237 e. The minimum atomic E-state index is -0.0900. The topological polar surface area (TPSA) is 44.4 Å². The molecule has 1 heterocycles. The number of halogens is 1. The molecule has 1 aliphatic heterocycles. The van der Waals surface area contributed by atoms with Gasteiger partial charge in [-0.05, 0) is 62.4 Å². The number of hydrogen-bond donors (Lipinski definition) is 2. The smallest absolute Gasteiger partial charge is 0.237 e. The van der Waals surface area contributed by atoms with E-state index in [-0.39, 0.29) is 11.9 Å². The molecular weight excluding hydrogens is 334 g/mol. The standard InChI is InChI=1S/C20H30ClN3O/c1-13(2)10-19(22-3)20(25)23-18-9-4-14-11-24(12-17(14)18)16-7-5-15(21)6-8-16/h5-8,13-14,17-19,22H,4,9-12H2,1-3H3,(H,23,25)/t14-,17+,18+,19+/m1/s1. The summed E-state index contributed by atoms with van der Waals surface area (Å²) >= 11 is 6.00. The summed E-state index contributed by atoms with van der Waals surface area (Å²) in [5.74, 6) is 1.90. The van der Waals surface area contributed by atoms with Crippen molar-refractivity contribution in [1.82, 2.24) is 10.6 Å². The Hall–Kier alpha value is -1.26. The van der Waals surface area contributed by atoms with Gasteiger partial charge in [-0.3, -0.25) is 4.79 Å². The number of fused-ring (bicyclic) bond motifs is 1. The Morgan fingerprint density at radius 3 is 2.60 bits per heavy atom. The van der Waals surface area contributed by atoms with Crippen LogP contribution in [0, 0.1) is 17.8 Å². The minimum Gasteiger partial charge on any atom is -0.371 e. The van der Waals surface area contributed by atoms with Crippen molar-refractivity contribution in [2.75, 3.05) is 25.0 Å². The molecule has 4 nitrogen and oxygen atoms in total. The van der Waals surface area contributed by atoms with Gasteiger partial charge in [0.25, 0.3) is 0 Å². The maximum atomic E-state index is 12.6. The second-order valence-electron chi connectivity index (χ2n) is 7.97. The van der Waals surface area contributed by atoms with Gasteiger partial charge in [-0.25, -0.2) is 0 Å². The molecule has 2 fully saturated rings. The normalized spacial score (nSPS) is 26.8. The zero-order valence-electron chi connectivity index (χ0n) is 15.5. The van der Waals surface area contributed by atoms with Gasteiger partial charge in [-0.1, -0.05) is 25.4 Å². The Labute approximate surface area is 156 Å². The first-order chi connectivity index (χ1) is 12.0. The van der Waals surface area contributed by atoms with E-state index in [2.05, 4.69) is 41.5 Å². The van der Waals surface area contributed by atoms with E-state index in [1.54, 1.807) is 0 Å². The van der Waals surface area contributed by atoms with E-state index < -0.39 is 0 Å². The number of rotatable bonds is 6. The molecule has 0 bridgehead atoms. The van der Waals surface area contributed by atoms with Crippen LogP contribution in [-0.2, 0) is 4.79 Å². The molecule has 25 heavy (non-hydrogen) atoms. The van der Waals surface area contributed by atoms with Gasteiger partial charge < -0.3 is 15.5 Å². The predicted molar refractivity (Wildman–Crippen MR) is 104 cm³/mol. The van der Waals surface area contributed by atoms with Crippen molar-refractivity contribution in [2.45, 2.75) is 45.2 Å². The van der Waals surface area contributed by atoms with Crippen molar-refractivity contribution in [1.29, 1.82) is 0 Å². The van der Waals surface area contributed by atoms with Crippen molar-refractivity contribution >= 4 is 23.2 Å². The molecule has 3 rings (SSSR count). The highest BCUT2D eigenvalue weighted by Crippen LogP contribution is 2.40. The van der Waals surface area contributed by atoms with Crippen LogP contribution in [0.25, 0.3) is 0 Å². The van der Waals surface area contributed by atoms with Crippen LogP contribution in [0.15, 0.2) is 24.3 Å². The van der Waals surface area contributed by atoms with Crippen LogP contribution in [0.5, 0.6) is 0 Å². The predicted octanol–water partition coefficient (Wildman–Crippen LogP) is 3.31. The van der Waals surface area contributed by atoms with E-state index in [4.69, 9.17) is 11.6 Å². The summed E-state index contributed by atoms with van der Waals surface area (Å²) in [6.07, 6.45) is 3.18. The quantitative estimate of drug-likeness (QED) is 0.815. The number of anilines is 1. The largest absolute Gasteiger partial charge is 0.371 e. The monoisotopic (exact) mass is 363 g/mol. The number of nitrogens with one attached hydrogen (secondary N) is 2. The SMILES string of the molecule is CN[C@@H](CC(C)C)C(=O)N[C@H]1CC[C@@H]2CN(c3ccc(Cl)cc3)C[C@@H]21. The number of amides is 1. The Kier molecular flexibility index (Phi) is 5.90. The summed E-state index contributed by atoms with van der Waals surface area (Å²) in [5, 5.41) is 7.28. The molecule has 1 aromatic rings. The van der Waals surface area contributed by atoms with E-state index in [0.29, 0.717) is 23.8 Å². The summed E-state index contributed by atoms with van der Waals surface area (Å²) in [6.45, 7) is 6.42. The first kappa shape index (κ1) is 18.5. The van der Waals surface area contributed by atoms with Gasteiger partial charge in [0.05, 0.1) is 6.04 Å². The van der Waals surface area contributed by atoms with Crippen LogP contribution in [0.3, 0.4) is 0 Å². The van der Waals surface area contributed by atoms with E-state index in [9.17, 15) is 4.79 Å².